The van der Waals surface area contributed by atoms with Crippen LogP contribution in [0.2, 0.25) is 0 Å². The Labute approximate surface area is 158 Å². The minimum absolute atomic E-state index is 0.0207. The third-order valence-corrected chi connectivity index (χ3v) is 4.88. The number of nitrogens with two attached hydrogens (primary N) is 1. The fraction of sp³-hybridized carbons (Fsp3) is 0.278. The molecule has 0 aliphatic rings. The van der Waals surface area contributed by atoms with Crippen LogP contribution in [0.4, 0.5) is 11.4 Å². The number of benzene rings is 2. The van der Waals surface area contributed by atoms with Gasteiger partial charge in [0, 0.05) is 17.4 Å². The number of aryl methyl sites for hydroxylation is 1. The number of carbonyl (C=O) groups is 1. The van der Waals surface area contributed by atoms with Gasteiger partial charge in [-0.1, -0.05) is 0 Å². The molecular weight excluding hydrogens is 370 g/mol. The van der Waals surface area contributed by atoms with Gasteiger partial charge in [-0.15, -0.1) is 0 Å². The van der Waals surface area contributed by atoms with E-state index in [0.717, 1.165) is 11.3 Å². The van der Waals surface area contributed by atoms with Crippen LogP contribution in [-0.4, -0.2) is 34.6 Å². The number of primary sulfonamides is 1. The first-order chi connectivity index (χ1) is 12.7. The zero-order valence-electron chi connectivity index (χ0n) is 15.6. The number of hydrogen-bond acceptors (Lipinski definition) is 6. The lowest BCUT2D eigenvalue weighted by atomic mass is 10.1. The van der Waals surface area contributed by atoms with Gasteiger partial charge in [-0.3, -0.25) is 4.79 Å². The van der Waals surface area contributed by atoms with Crippen molar-refractivity contribution in [3.63, 3.8) is 0 Å². The number of nitrogens with one attached hydrogen (secondary N) is 2. The van der Waals surface area contributed by atoms with Gasteiger partial charge in [0.2, 0.25) is 15.9 Å². The Bertz CT molecular complexity index is 927. The Morgan fingerprint density at radius 1 is 1.07 bits per heavy atom. The van der Waals surface area contributed by atoms with E-state index in [-0.39, 0.29) is 10.8 Å². The van der Waals surface area contributed by atoms with Crippen molar-refractivity contribution in [1.82, 2.24) is 0 Å². The first-order valence-electron chi connectivity index (χ1n) is 8.08. The maximum absolute atomic E-state index is 12.4. The molecule has 4 N–H and O–H groups in total. The van der Waals surface area contributed by atoms with Crippen LogP contribution in [-0.2, 0) is 14.8 Å². The van der Waals surface area contributed by atoms with Crippen molar-refractivity contribution < 1.29 is 22.7 Å². The van der Waals surface area contributed by atoms with E-state index >= 15 is 0 Å². The van der Waals surface area contributed by atoms with Crippen LogP contribution in [0, 0.1) is 6.92 Å². The molecule has 146 valence electrons. The summed E-state index contributed by atoms with van der Waals surface area (Å²) >= 11 is 0. The molecule has 0 saturated carbocycles. The molecule has 8 nitrogen and oxygen atoms in total. The van der Waals surface area contributed by atoms with Gasteiger partial charge in [-0.05, 0) is 49.7 Å². The highest BCUT2D eigenvalue weighted by molar-refractivity contribution is 7.89. The third kappa shape index (κ3) is 5.11. The monoisotopic (exact) mass is 393 g/mol. The first kappa shape index (κ1) is 20.5. The van der Waals surface area contributed by atoms with Gasteiger partial charge in [-0.25, -0.2) is 13.6 Å². The van der Waals surface area contributed by atoms with Gasteiger partial charge in [-0.2, -0.15) is 0 Å². The van der Waals surface area contributed by atoms with Crippen LogP contribution in [0.3, 0.4) is 0 Å². The molecule has 9 heteroatoms. The Morgan fingerprint density at radius 3 is 2.15 bits per heavy atom. The van der Waals surface area contributed by atoms with Crippen molar-refractivity contribution in [2.24, 2.45) is 5.14 Å². The van der Waals surface area contributed by atoms with Gasteiger partial charge in [0.15, 0.2) is 11.5 Å². The summed E-state index contributed by atoms with van der Waals surface area (Å²) in [5.74, 6) is 0.872. The molecule has 2 aromatic rings. The van der Waals surface area contributed by atoms with Crippen molar-refractivity contribution in [2.45, 2.75) is 24.8 Å². The largest absolute Gasteiger partial charge is 0.493 e. The number of sulfonamides is 1. The molecule has 1 atom stereocenters. The van der Waals surface area contributed by atoms with Crippen LogP contribution in [0.15, 0.2) is 41.3 Å². The number of carbonyl (C=O) groups excluding carboxylic acids is 1. The lowest BCUT2D eigenvalue weighted by Gasteiger charge is -2.19. The number of amides is 1. The van der Waals surface area contributed by atoms with Crippen LogP contribution in [0.5, 0.6) is 11.5 Å². The molecule has 1 amide bonds. The fourth-order valence-electron chi connectivity index (χ4n) is 2.41. The Kier molecular flexibility index (Phi) is 6.29. The van der Waals surface area contributed by atoms with Crippen LogP contribution in [0.1, 0.15) is 12.5 Å². The lowest BCUT2D eigenvalue weighted by Crippen LogP contribution is -2.32. The van der Waals surface area contributed by atoms with Gasteiger partial charge >= 0.3 is 0 Å². The molecule has 27 heavy (non-hydrogen) atoms. The van der Waals surface area contributed by atoms with E-state index in [1.807, 2.05) is 13.0 Å². The smallest absolute Gasteiger partial charge is 0.246 e. The normalized spacial score (nSPS) is 12.2. The maximum Gasteiger partial charge on any atom is 0.246 e. The summed E-state index contributed by atoms with van der Waals surface area (Å²) < 4.78 is 33.1. The average molecular weight is 393 g/mol. The van der Waals surface area contributed by atoms with E-state index in [1.165, 1.54) is 31.4 Å². The van der Waals surface area contributed by atoms with Crippen molar-refractivity contribution in [2.75, 3.05) is 24.9 Å². The Morgan fingerprint density at radius 2 is 1.63 bits per heavy atom. The van der Waals surface area contributed by atoms with E-state index in [0.29, 0.717) is 17.2 Å². The molecule has 2 aromatic carbocycles. The van der Waals surface area contributed by atoms with Crippen molar-refractivity contribution in [3.05, 3.63) is 42.0 Å². The highest BCUT2D eigenvalue weighted by atomic mass is 32.2. The van der Waals surface area contributed by atoms with E-state index < -0.39 is 16.1 Å². The number of rotatable bonds is 7. The SMILES string of the molecule is COc1cc(C)c(N[C@@H](C)C(=O)Nc2ccc(S(N)(=O)=O)cc2)cc1OC. The van der Waals surface area contributed by atoms with Crippen LogP contribution < -0.4 is 25.2 Å². The van der Waals surface area contributed by atoms with E-state index in [4.69, 9.17) is 14.6 Å². The number of anilines is 2. The molecule has 0 radical (unpaired) electrons. The fourth-order valence-corrected chi connectivity index (χ4v) is 2.93. The quantitative estimate of drug-likeness (QED) is 0.663. The highest BCUT2D eigenvalue weighted by Crippen LogP contribution is 2.33. The van der Waals surface area contributed by atoms with Gasteiger partial charge < -0.3 is 20.1 Å². The van der Waals surface area contributed by atoms with E-state index in [1.54, 1.807) is 20.1 Å². The molecule has 0 spiro atoms. The van der Waals surface area contributed by atoms with Gasteiger partial charge in [0.05, 0.1) is 19.1 Å². The van der Waals surface area contributed by atoms with Crippen molar-refractivity contribution >= 4 is 27.3 Å². The molecule has 0 fully saturated rings. The Hall–Kier alpha value is -2.78. The summed E-state index contributed by atoms with van der Waals surface area (Å²) in [5.41, 5.74) is 2.09. The summed E-state index contributed by atoms with van der Waals surface area (Å²) in [6.45, 7) is 3.60. The summed E-state index contributed by atoms with van der Waals surface area (Å²) in [5, 5.41) is 10.9. The second kappa shape index (κ2) is 8.28. The zero-order chi connectivity index (χ0) is 20.2. The zero-order valence-corrected chi connectivity index (χ0v) is 16.4. The predicted molar refractivity (Wildman–Crippen MR) is 104 cm³/mol. The van der Waals surface area contributed by atoms with Gasteiger partial charge in [0.25, 0.3) is 0 Å². The lowest BCUT2D eigenvalue weighted by molar-refractivity contribution is -0.116. The highest BCUT2D eigenvalue weighted by Gasteiger charge is 2.16. The first-order valence-corrected chi connectivity index (χ1v) is 9.63. The molecule has 0 aromatic heterocycles. The van der Waals surface area contributed by atoms with Crippen molar-refractivity contribution in [3.8, 4) is 11.5 Å². The molecule has 0 aliphatic heterocycles. The number of hydrogen-bond donors (Lipinski definition) is 3. The number of methoxy groups -OCH3 is 2. The average Bonchev–Trinajstić information content (AvgIpc) is 2.62. The predicted octanol–water partition coefficient (Wildman–Crippen LogP) is 2.10. The molecular formula is C18H23N3O5S. The minimum atomic E-state index is -3.77. The van der Waals surface area contributed by atoms with Crippen molar-refractivity contribution in [1.29, 1.82) is 0 Å². The van der Waals surface area contributed by atoms with E-state index in [2.05, 4.69) is 10.6 Å². The maximum atomic E-state index is 12.4. The molecule has 0 aliphatic carbocycles. The summed E-state index contributed by atoms with van der Waals surface area (Å²) in [4.78, 5) is 12.4. The van der Waals surface area contributed by atoms with Gasteiger partial charge in [0.1, 0.15) is 6.04 Å². The molecule has 0 saturated heterocycles. The third-order valence-electron chi connectivity index (χ3n) is 3.95. The topological polar surface area (TPSA) is 120 Å². The molecule has 2 rings (SSSR count). The summed E-state index contributed by atoms with van der Waals surface area (Å²) in [6, 6.07) is 8.65. The van der Waals surface area contributed by atoms with E-state index in [9.17, 15) is 13.2 Å². The summed E-state index contributed by atoms with van der Waals surface area (Å²) in [6.07, 6.45) is 0. The minimum Gasteiger partial charge on any atom is -0.493 e. The second-order valence-electron chi connectivity index (χ2n) is 5.95. The van der Waals surface area contributed by atoms with Crippen LogP contribution in [0.25, 0.3) is 0 Å². The summed E-state index contributed by atoms with van der Waals surface area (Å²) in [7, 11) is -0.672. The van der Waals surface area contributed by atoms with Crippen LogP contribution >= 0.6 is 0 Å². The second-order valence-corrected chi connectivity index (χ2v) is 7.51. The molecule has 0 bridgehead atoms. The number of ether oxygens (including phenoxy) is 2. The molecule has 0 unspecified atom stereocenters. The molecule has 0 heterocycles. The Balaban J connectivity index is 2.10. The standard InChI is InChI=1S/C18H23N3O5S/c1-11-9-16(25-3)17(26-4)10-15(11)20-12(2)18(22)21-13-5-7-14(8-6-13)27(19,23)24/h5-10,12,20H,1-4H3,(H,21,22)(H2,19,23,24)/t12-/m0/s1.